The van der Waals surface area contributed by atoms with Gasteiger partial charge in [0.25, 0.3) is 0 Å². The van der Waals surface area contributed by atoms with Crippen molar-refractivity contribution < 1.29 is 0 Å². The van der Waals surface area contributed by atoms with Crippen LogP contribution in [0, 0.1) is 0 Å². The number of rotatable bonds is 5. The van der Waals surface area contributed by atoms with Crippen molar-refractivity contribution in [1.29, 1.82) is 0 Å². The van der Waals surface area contributed by atoms with Crippen LogP contribution < -0.4 is 5.32 Å². The number of hydrogen-bond acceptors (Lipinski definition) is 4. The molecule has 1 aromatic carbocycles. The van der Waals surface area contributed by atoms with Crippen LogP contribution in [0.1, 0.15) is 32.5 Å². The van der Waals surface area contributed by atoms with Crippen molar-refractivity contribution in [3.8, 4) is 0 Å². The molecule has 2 aromatic rings. The van der Waals surface area contributed by atoms with Gasteiger partial charge in [0.05, 0.1) is 0 Å². The van der Waals surface area contributed by atoms with E-state index in [-0.39, 0.29) is 0 Å². The van der Waals surface area contributed by atoms with Gasteiger partial charge in [0.2, 0.25) is 0 Å². The Kier molecular flexibility index (Phi) is 4.80. The lowest BCUT2D eigenvalue weighted by molar-refractivity contribution is 0.754. The van der Waals surface area contributed by atoms with Gasteiger partial charge in [-0.05, 0) is 19.1 Å². The third-order valence-corrected chi connectivity index (χ3v) is 3.49. The van der Waals surface area contributed by atoms with Gasteiger partial charge in [-0.15, -0.1) is 0 Å². The Bertz CT molecular complexity index is 526. The van der Waals surface area contributed by atoms with Gasteiger partial charge in [0, 0.05) is 23.4 Å². The average molecular weight is 273 g/mol. The lowest BCUT2D eigenvalue weighted by atomic mass is 10.2. The second-order valence-electron chi connectivity index (χ2n) is 4.55. The van der Waals surface area contributed by atoms with Gasteiger partial charge in [-0.2, -0.15) is 0 Å². The van der Waals surface area contributed by atoms with E-state index in [1.807, 2.05) is 24.3 Å². The van der Waals surface area contributed by atoms with E-state index in [0.29, 0.717) is 5.92 Å². The largest absolute Gasteiger partial charge is 0.370 e. The molecule has 0 fully saturated rings. The summed E-state index contributed by atoms with van der Waals surface area (Å²) >= 11 is 1.67. The summed E-state index contributed by atoms with van der Waals surface area (Å²) in [7, 11) is 0. The Morgan fingerprint density at radius 1 is 1.16 bits per heavy atom. The summed E-state index contributed by atoms with van der Waals surface area (Å²) < 4.78 is 0. The maximum Gasteiger partial charge on any atom is 0.134 e. The van der Waals surface area contributed by atoms with Gasteiger partial charge in [-0.25, -0.2) is 9.97 Å². The first-order valence-corrected chi connectivity index (χ1v) is 7.36. The van der Waals surface area contributed by atoms with Gasteiger partial charge in [0.15, 0.2) is 0 Å². The highest BCUT2D eigenvalue weighted by molar-refractivity contribution is 7.99. The standard InChI is InChI=1S/C15H19N3S/c1-4-16-13-10-14(18-15(17-13)11(2)3)19-12-8-6-5-7-9-12/h5-11H,4H2,1-3H3,(H,16,17,18). The molecule has 0 saturated carbocycles. The molecule has 0 radical (unpaired) electrons. The summed E-state index contributed by atoms with van der Waals surface area (Å²) in [6, 6.07) is 12.3. The molecule has 0 aliphatic heterocycles. The molecule has 0 atom stereocenters. The summed E-state index contributed by atoms with van der Waals surface area (Å²) in [5, 5.41) is 4.25. The number of anilines is 1. The SMILES string of the molecule is CCNc1cc(Sc2ccccc2)nc(C(C)C)n1. The predicted molar refractivity (Wildman–Crippen MR) is 80.8 cm³/mol. The van der Waals surface area contributed by atoms with Crippen LogP contribution in [0.3, 0.4) is 0 Å². The third kappa shape index (κ3) is 3.96. The van der Waals surface area contributed by atoms with Crippen molar-refractivity contribution in [3.05, 3.63) is 42.2 Å². The molecule has 1 heterocycles. The molecule has 0 saturated heterocycles. The van der Waals surface area contributed by atoms with Crippen molar-refractivity contribution >= 4 is 17.6 Å². The summed E-state index contributed by atoms with van der Waals surface area (Å²) in [5.74, 6) is 2.12. The molecule has 0 amide bonds. The maximum absolute atomic E-state index is 4.62. The number of nitrogens with one attached hydrogen (secondary N) is 1. The molecule has 0 unspecified atom stereocenters. The molecular weight excluding hydrogens is 254 g/mol. The van der Waals surface area contributed by atoms with E-state index in [1.54, 1.807) is 11.8 Å². The summed E-state index contributed by atoms with van der Waals surface area (Å²) in [6.07, 6.45) is 0. The minimum atomic E-state index is 0.328. The summed E-state index contributed by atoms with van der Waals surface area (Å²) in [6.45, 7) is 7.16. The van der Waals surface area contributed by atoms with Gasteiger partial charge in [-0.1, -0.05) is 43.8 Å². The Morgan fingerprint density at radius 3 is 2.53 bits per heavy atom. The molecule has 19 heavy (non-hydrogen) atoms. The first-order valence-electron chi connectivity index (χ1n) is 6.54. The van der Waals surface area contributed by atoms with Crippen LogP contribution >= 0.6 is 11.8 Å². The minimum Gasteiger partial charge on any atom is -0.370 e. The molecular formula is C15H19N3S. The van der Waals surface area contributed by atoms with Crippen molar-refractivity contribution in [1.82, 2.24) is 9.97 Å². The van der Waals surface area contributed by atoms with E-state index in [4.69, 9.17) is 0 Å². The highest BCUT2D eigenvalue weighted by Crippen LogP contribution is 2.28. The molecule has 1 N–H and O–H groups in total. The van der Waals surface area contributed by atoms with E-state index >= 15 is 0 Å². The van der Waals surface area contributed by atoms with E-state index < -0.39 is 0 Å². The van der Waals surface area contributed by atoms with Gasteiger partial charge in [0.1, 0.15) is 16.7 Å². The maximum atomic E-state index is 4.62. The molecule has 100 valence electrons. The van der Waals surface area contributed by atoms with Crippen molar-refractivity contribution in [2.24, 2.45) is 0 Å². The van der Waals surface area contributed by atoms with Crippen LogP contribution in [0.4, 0.5) is 5.82 Å². The van der Waals surface area contributed by atoms with E-state index in [2.05, 4.69) is 48.2 Å². The molecule has 0 spiro atoms. The topological polar surface area (TPSA) is 37.8 Å². The monoisotopic (exact) mass is 273 g/mol. The number of aromatic nitrogens is 2. The van der Waals surface area contributed by atoms with Crippen molar-refractivity contribution in [2.75, 3.05) is 11.9 Å². The molecule has 0 bridgehead atoms. The molecule has 1 aromatic heterocycles. The second-order valence-corrected chi connectivity index (χ2v) is 5.64. The highest BCUT2D eigenvalue weighted by Gasteiger charge is 2.08. The zero-order chi connectivity index (χ0) is 13.7. The van der Waals surface area contributed by atoms with Gasteiger partial charge >= 0.3 is 0 Å². The third-order valence-electron chi connectivity index (χ3n) is 2.56. The van der Waals surface area contributed by atoms with Crippen molar-refractivity contribution in [3.63, 3.8) is 0 Å². The minimum absolute atomic E-state index is 0.328. The van der Waals surface area contributed by atoms with Gasteiger partial charge in [-0.3, -0.25) is 0 Å². The average Bonchev–Trinajstić information content (AvgIpc) is 2.40. The Labute approximate surface area is 118 Å². The van der Waals surface area contributed by atoms with Crippen LogP contribution in [0.25, 0.3) is 0 Å². The number of hydrogen-bond donors (Lipinski definition) is 1. The molecule has 0 aliphatic carbocycles. The smallest absolute Gasteiger partial charge is 0.134 e. The van der Waals surface area contributed by atoms with Crippen molar-refractivity contribution in [2.45, 2.75) is 36.6 Å². The Balaban J connectivity index is 2.28. The zero-order valence-corrected chi connectivity index (χ0v) is 12.4. The van der Waals surface area contributed by atoms with E-state index in [1.165, 1.54) is 4.90 Å². The molecule has 4 heteroatoms. The lowest BCUT2D eigenvalue weighted by Crippen LogP contribution is -2.05. The number of benzene rings is 1. The highest BCUT2D eigenvalue weighted by atomic mass is 32.2. The fourth-order valence-corrected chi connectivity index (χ4v) is 2.48. The van der Waals surface area contributed by atoms with Crippen LogP contribution in [0.2, 0.25) is 0 Å². The first kappa shape index (κ1) is 13.9. The Morgan fingerprint density at radius 2 is 1.89 bits per heavy atom. The van der Waals surface area contributed by atoms with Crippen LogP contribution in [-0.2, 0) is 0 Å². The van der Waals surface area contributed by atoms with Crippen LogP contribution in [-0.4, -0.2) is 16.5 Å². The molecule has 0 aliphatic rings. The van der Waals surface area contributed by atoms with Crippen LogP contribution in [0.15, 0.2) is 46.3 Å². The second kappa shape index (κ2) is 6.57. The van der Waals surface area contributed by atoms with Gasteiger partial charge < -0.3 is 5.32 Å². The van der Waals surface area contributed by atoms with Crippen LogP contribution in [0.5, 0.6) is 0 Å². The fourth-order valence-electron chi connectivity index (χ4n) is 1.63. The predicted octanol–water partition coefficient (Wildman–Crippen LogP) is 4.18. The molecule has 3 nitrogen and oxygen atoms in total. The van der Waals surface area contributed by atoms with E-state index in [9.17, 15) is 0 Å². The number of nitrogens with zero attached hydrogens (tertiary/aromatic N) is 2. The lowest BCUT2D eigenvalue weighted by Gasteiger charge is -2.10. The zero-order valence-electron chi connectivity index (χ0n) is 11.6. The normalized spacial score (nSPS) is 10.7. The quantitative estimate of drug-likeness (QED) is 0.829. The summed E-state index contributed by atoms with van der Waals surface area (Å²) in [5.41, 5.74) is 0. The Hall–Kier alpha value is -1.55. The first-order chi connectivity index (χ1) is 9.19. The molecule has 2 rings (SSSR count). The summed E-state index contributed by atoms with van der Waals surface area (Å²) in [4.78, 5) is 10.3. The van der Waals surface area contributed by atoms with E-state index in [0.717, 1.165) is 23.2 Å². The fraction of sp³-hybridized carbons (Fsp3) is 0.333.